The molecule has 118 valence electrons. The molecule has 1 aromatic carbocycles. The van der Waals surface area contributed by atoms with Crippen molar-refractivity contribution in [2.45, 2.75) is 33.4 Å². The molecule has 0 saturated carbocycles. The van der Waals surface area contributed by atoms with Crippen molar-refractivity contribution in [1.82, 2.24) is 10.3 Å². The zero-order valence-corrected chi connectivity index (χ0v) is 12.2. The summed E-state index contributed by atoms with van der Waals surface area (Å²) in [7, 11) is 0. The first kappa shape index (κ1) is 15.9. The van der Waals surface area contributed by atoms with Gasteiger partial charge in [0.1, 0.15) is 11.5 Å². The van der Waals surface area contributed by atoms with Crippen LogP contribution in [-0.4, -0.2) is 17.5 Å². The van der Waals surface area contributed by atoms with Crippen LogP contribution in [0.25, 0.3) is 0 Å². The summed E-state index contributed by atoms with van der Waals surface area (Å²) in [6, 6.07) is 5.93. The van der Waals surface area contributed by atoms with E-state index in [1.54, 1.807) is 19.1 Å². The molecule has 5 nitrogen and oxygen atoms in total. The number of ether oxygens (including phenoxy) is 1. The maximum atomic E-state index is 12.0. The van der Waals surface area contributed by atoms with E-state index in [1.165, 1.54) is 12.1 Å². The van der Waals surface area contributed by atoms with Crippen molar-refractivity contribution in [3.8, 4) is 5.75 Å². The standard InChI is InChI=1S/C15H16F2N2O3/c1-9-10(2)21-14(19-9)8-18-13(20)7-11-3-5-12(6-4-11)22-15(16)17/h3-6,15H,7-8H2,1-2H3,(H,18,20). The topological polar surface area (TPSA) is 64.4 Å². The molecule has 0 aliphatic carbocycles. The zero-order valence-electron chi connectivity index (χ0n) is 12.2. The van der Waals surface area contributed by atoms with Crippen LogP contribution < -0.4 is 10.1 Å². The first-order chi connectivity index (χ1) is 10.4. The van der Waals surface area contributed by atoms with Gasteiger partial charge in [0, 0.05) is 0 Å². The van der Waals surface area contributed by atoms with Crippen LogP contribution in [0.3, 0.4) is 0 Å². The minimum absolute atomic E-state index is 0.0601. The van der Waals surface area contributed by atoms with Gasteiger partial charge in [-0.2, -0.15) is 8.78 Å². The molecule has 1 amide bonds. The monoisotopic (exact) mass is 310 g/mol. The largest absolute Gasteiger partial charge is 0.444 e. The lowest BCUT2D eigenvalue weighted by atomic mass is 10.1. The Kier molecular flexibility index (Phi) is 5.08. The summed E-state index contributed by atoms with van der Waals surface area (Å²) in [5, 5.41) is 2.69. The molecule has 0 unspecified atom stereocenters. The Morgan fingerprint density at radius 2 is 2.00 bits per heavy atom. The third-order valence-corrected chi connectivity index (χ3v) is 3.02. The number of rotatable bonds is 6. The van der Waals surface area contributed by atoms with Gasteiger partial charge in [0.05, 0.1) is 18.7 Å². The molecule has 1 heterocycles. The highest BCUT2D eigenvalue weighted by Gasteiger charge is 2.09. The average Bonchev–Trinajstić information content (AvgIpc) is 2.77. The Balaban J connectivity index is 1.83. The number of carbonyl (C=O) groups excluding carboxylic acids is 1. The molecule has 0 aliphatic rings. The highest BCUT2D eigenvalue weighted by atomic mass is 19.3. The van der Waals surface area contributed by atoms with Crippen LogP contribution in [0.15, 0.2) is 28.7 Å². The van der Waals surface area contributed by atoms with Gasteiger partial charge in [0.15, 0.2) is 0 Å². The lowest BCUT2D eigenvalue weighted by Gasteiger charge is -2.06. The summed E-state index contributed by atoms with van der Waals surface area (Å²) in [6.07, 6.45) is 0.133. The first-order valence-corrected chi connectivity index (χ1v) is 6.67. The second-order valence-corrected chi connectivity index (χ2v) is 4.73. The lowest BCUT2D eigenvalue weighted by Crippen LogP contribution is -2.24. The number of halogens is 2. The van der Waals surface area contributed by atoms with Gasteiger partial charge in [-0.1, -0.05) is 12.1 Å². The number of amides is 1. The molecule has 0 bridgehead atoms. The summed E-state index contributed by atoms with van der Waals surface area (Å²) < 4.78 is 33.6. The van der Waals surface area contributed by atoms with Crippen molar-refractivity contribution in [1.29, 1.82) is 0 Å². The van der Waals surface area contributed by atoms with Gasteiger partial charge in [-0.3, -0.25) is 4.79 Å². The minimum Gasteiger partial charge on any atom is -0.444 e. The Morgan fingerprint density at radius 1 is 1.32 bits per heavy atom. The van der Waals surface area contributed by atoms with Crippen molar-refractivity contribution in [3.63, 3.8) is 0 Å². The Bertz CT molecular complexity index is 619. The van der Waals surface area contributed by atoms with E-state index < -0.39 is 6.61 Å². The molecule has 0 spiro atoms. The number of oxazole rings is 1. The van der Waals surface area contributed by atoms with Crippen LogP contribution in [0, 0.1) is 13.8 Å². The van der Waals surface area contributed by atoms with Gasteiger partial charge in [-0.25, -0.2) is 4.98 Å². The van der Waals surface area contributed by atoms with Gasteiger partial charge in [-0.15, -0.1) is 0 Å². The van der Waals surface area contributed by atoms with Crippen LogP contribution in [0.5, 0.6) is 5.75 Å². The Labute approximate surface area is 126 Å². The van der Waals surface area contributed by atoms with E-state index in [1.807, 2.05) is 6.92 Å². The number of hydrogen-bond acceptors (Lipinski definition) is 4. The molecule has 0 radical (unpaired) electrons. The van der Waals surface area contributed by atoms with Gasteiger partial charge in [0.25, 0.3) is 0 Å². The number of nitrogens with one attached hydrogen (secondary N) is 1. The molecule has 0 saturated heterocycles. The number of hydrogen-bond donors (Lipinski definition) is 1. The molecule has 2 aromatic rings. The third kappa shape index (κ3) is 4.54. The predicted octanol–water partition coefficient (Wildman–Crippen LogP) is 2.75. The van der Waals surface area contributed by atoms with Gasteiger partial charge < -0.3 is 14.5 Å². The van der Waals surface area contributed by atoms with Crippen LogP contribution >= 0.6 is 0 Å². The summed E-state index contributed by atoms with van der Waals surface area (Å²) >= 11 is 0. The molecule has 1 N–H and O–H groups in total. The zero-order chi connectivity index (χ0) is 16.1. The number of aromatic nitrogens is 1. The molecule has 0 atom stereocenters. The van der Waals surface area contributed by atoms with Gasteiger partial charge in [0.2, 0.25) is 11.8 Å². The Hall–Kier alpha value is -2.44. The molecule has 0 aliphatic heterocycles. The SMILES string of the molecule is Cc1nc(CNC(=O)Cc2ccc(OC(F)F)cc2)oc1C. The van der Waals surface area contributed by atoms with E-state index in [0.717, 1.165) is 11.5 Å². The van der Waals surface area contributed by atoms with E-state index in [2.05, 4.69) is 15.0 Å². The molecular weight excluding hydrogens is 294 g/mol. The van der Waals surface area contributed by atoms with E-state index >= 15 is 0 Å². The third-order valence-electron chi connectivity index (χ3n) is 3.02. The molecule has 22 heavy (non-hydrogen) atoms. The number of alkyl halides is 2. The maximum absolute atomic E-state index is 12.0. The van der Waals surface area contributed by atoms with Crippen molar-refractivity contribution in [2.75, 3.05) is 0 Å². The fourth-order valence-electron chi connectivity index (χ4n) is 1.83. The summed E-state index contributed by atoms with van der Waals surface area (Å²) in [4.78, 5) is 16.0. The van der Waals surface area contributed by atoms with Crippen molar-refractivity contribution >= 4 is 5.91 Å². The quantitative estimate of drug-likeness (QED) is 0.891. The Morgan fingerprint density at radius 3 is 2.55 bits per heavy atom. The van der Waals surface area contributed by atoms with Crippen molar-refractivity contribution < 1.29 is 22.7 Å². The number of nitrogens with zero attached hydrogens (tertiary/aromatic N) is 1. The van der Waals surface area contributed by atoms with E-state index in [4.69, 9.17) is 4.42 Å². The predicted molar refractivity (Wildman–Crippen MR) is 74.6 cm³/mol. The molecule has 2 rings (SSSR count). The summed E-state index contributed by atoms with van der Waals surface area (Å²) in [5.41, 5.74) is 1.48. The molecule has 1 aromatic heterocycles. The molecular formula is C15H16F2N2O3. The maximum Gasteiger partial charge on any atom is 0.387 e. The number of aryl methyl sites for hydroxylation is 2. The molecule has 7 heteroatoms. The van der Waals surface area contributed by atoms with E-state index in [0.29, 0.717) is 11.5 Å². The fraction of sp³-hybridized carbons (Fsp3) is 0.333. The smallest absolute Gasteiger partial charge is 0.387 e. The minimum atomic E-state index is -2.86. The van der Waals surface area contributed by atoms with Crippen LogP contribution in [0.2, 0.25) is 0 Å². The first-order valence-electron chi connectivity index (χ1n) is 6.67. The molecule has 0 fully saturated rings. The van der Waals surface area contributed by atoms with Gasteiger partial charge in [-0.05, 0) is 31.5 Å². The van der Waals surface area contributed by atoms with Crippen LogP contribution in [0.4, 0.5) is 8.78 Å². The highest BCUT2D eigenvalue weighted by Crippen LogP contribution is 2.15. The van der Waals surface area contributed by atoms with Crippen molar-refractivity contribution in [2.24, 2.45) is 0 Å². The normalized spacial score (nSPS) is 10.8. The average molecular weight is 310 g/mol. The number of benzene rings is 1. The van der Waals surface area contributed by atoms with Crippen LogP contribution in [0.1, 0.15) is 22.9 Å². The number of carbonyl (C=O) groups is 1. The highest BCUT2D eigenvalue weighted by molar-refractivity contribution is 5.78. The second-order valence-electron chi connectivity index (χ2n) is 4.73. The summed E-state index contributed by atoms with van der Waals surface area (Å²) in [6.45, 7) is 0.978. The van der Waals surface area contributed by atoms with E-state index in [-0.39, 0.29) is 24.6 Å². The van der Waals surface area contributed by atoms with Crippen LogP contribution in [-0.2, 0) is 17.8 Å². The van der Waals surface area contributed by atoms with Gasteiger partial charge >= 0.3 is 6.61 Å². The summed E-state index contributed by atoms with van der Waals surface area (Å²) in [5.74, 6) is 1.02. The van der Waals surface area contributed by atoms with E-state index in [9.17, 15) is 13.6 Å². The fourth-order valence-corrected chi connectivity index (χ4v) is 1.83. The van der Waals surface area contributed by atoms with Crippen molar-refractivity contribution in [3.05, 3.63) is 47.2 Å². The lowest BCUT2D eigenvalue weighted by molar-refractivity contribution is -0.120. The second kappa shape index (κ2) is 7.02.